The fourth-order valence-electron chi connectivity index (χ4n) is 2.17. The highest BCUT2D eigenvalue weighted by Gasteiger charge is 2.38. The first-order chi connectivity index (χ1) is 8.41. The molecule has 0 bridgehead atoms. The van der Waals surface area contributed by atoms with Crippen LogP contribution in [-0.2, 0) is 4.79 Å². The first-order valence-corrected chi connectivity index (χ1v) is 6.93. The maximum Gasteiger partial charge on any atom is 0.308 e. The topological polar surface area (TPSA) is 57.6 Å². The first-order valence-electron chi connectivity index (χ1n) is 5.67. The first kappa shape index (κ1) is 13.4. The number of aryl methyl sites for hydroxylation is 1. The van der Waals surface area contributed by atoms with E-state index in [4.69, 9.17) is 16.7 Å². The third kappa shape index (κ3) is 2.24. The van der Waals surface area contributed by atoms with Crippen LogP contribution in [-0.4, -0.2) is 35.0 Å². The molecule has 1 fully saturated rings. The predicted molar refractivity (Wildman–Crippen MR) is 70.3 cm³/mol. The number of carboxylic acids is 1. The number of thiophene rings is 1. The van der Waals surface area contributed by atoms with Crippen molar-refractivity contribution in [1.29, 1.82) is 0 Å². The number of nitrogens with zero attached hydrogens (tertiary/aromatic N) is 1. The van der Waals surface area contributed by atoms with Crippen LogP contribution in [0.5, 0.6) is 0 Å². The molecule has 1 amide bonds. The van der Waals surface area contributed by atoms with Crippen LogP contribution in [0.25, 0.3) is 0 Å². The number of amides is 1. The Morgan fingerprint density at radius 1 is 1.50 bits per heavy atom. The van der Waals surface area contributed by atoms with Crippen LogP contribution in [0.3, 0.4) is 0 Å². The molecule has 6 heteroatoms. The van der Waals surface area contributed by atoms with Crippen LogP contribution in [0.15, 0.2) is 5.38 Å². The van der Waals surface area contributed by atoms with Crippen molar-refractivity contribution in [3.05, 3.63) is 20.8 Å². The van der Waals surface area contributed by atoms with Gasteiger partial charge in [-0.3, -0.25) is 9.59 Å². The van der Waals surface area contributed by atoms with Gasteiger partial charge in [0.05, 0.1) is 10.9 Å². The molecule has 2 unspecified atom stereocenters. The highest BCUT2D eigenvalue weighted by Crippen LogP contribution is 2.31. The smallest absolute Gasteiger partial charge is 0.308 e. The van der Waals surface area contributed by atoms with Crippen LogP contribution < -0.4 is 0 Å². The van der Waals surface area contributed by atoms with Gasteiger partial charge in [0.15, 0.2) is 0 Å². The lowest BCUT2D eigenvalue weighted by Crippen LogP contribution is -2.29. The van der Waals surface area contributed by atoms with E-state index in [1.165, 1.54) is 11.3 Å². The summed E-state index contributed by atoms with van der Waals surface area (Å²) in [6.45, 7) is 4.45. The second kappa shape index (κ2) is 4.90. The number of carbonyl (C=O) groups is 2. The molecule has 0 spiro atoms. The third-order valence-corrected chi connectivity index (χ3v) is 5.00. The molecule has 1 aliphatic heterocycles. The minimum atomic E-state index is -0.841. The van der Waals surface area contributed by atoms with E-state index in [0.29, 0.717) is 16.4 Å². The molecule has 1 aromatic heterocycles. The van der Waals surface area contributed by atoms with E-state index in [0.717, 1.165) is 5.56 Å². The number of hydrogen-bond donors (Lipinski definition) is 1. The number of carboxylic acid groups (broad SMARTS) is 1. The molecule has 0 saturated carbocycles. The highest BCUT2D eigenvalue weighted by molar-refractivity contribution is 7.13. The minimum Gasteiger partial charge on any atom is -0.481 e. The van der Waals surface area contributed by atoms with E-state index in [1.54, 1.807) is 4.90 Å². The molecule has 0 aromatic carbocycles. The Kier molecular flexibility index (Phi) is 3.64. The van der Waals surface area contributed by atoms with Crippen LogP contribution in [0.1, 0.15) is 22.2 Å². The maximum absolute atomic E-state index is 12.3. The lowest BCUT2D eigenvalue weighted by molar-refractivity contribution is -0.142. The summed E-state index contributed by atoms with van der Waals surface area (Å²) in [7, 11) is 0. The standard InChI is InChI=1S/C12H14ClNO3S/c1-6-3-14(4-8(6)12(16)17)11(15)10-9(13)7(2)5-18-10/h5-6,8H,3-4H2,1-2H3,(H,16,17). The Bertz CT molecular complexity index is 500. The summed E-state index contributed by atoms with van der Waals surface area (Å²) in [5.41, 5.74) is 0.882. The maximum atomic E-state index is 12.3. The van der Waals surface area contributed by atoms with Gasteiger partial charge in [-0.15, -0.1) is 11.3 Å². The SMILES string of the molecule is Cc1csc(C(=O)N2CC(C)C(C(=O)O)C2)c1Cl. The van der Waals surface area contributed by atoms with Crippen molar-refractivity contribution in [3.8, 4) is 0 Å². The number of hydrogen-bond acceptors (Lipinski definition) is 3. The molecule has 4 nitrogen and oxygen atoms in total. The number of likely N-dealkylation sites (tertiary alicyclic amines) is 1. The Hall–Kier alpha value is -1.07. The summed E-state index contributed by atoms with van der Waals surface area (Å²) in [4.78, 5) is 25.4. The predicted octanol–water partition coefficient (Wildman–Crippen LogP) is 2.50. The van der Waals surface area contributed by atoms with E-state index in [-0.39, 0.29) is 18.4 Å². The normalized spacial score (nSPS) is 23.4. The minimum absolute atomic E-state index is 0.0220. The van der Waals surface area contributed by atoms with Crippen molar-refractivity contribution in [1.82, 2.24) is 4.90 Å². The number of aliphatic carboxylic acids is 1. The molecule has 2 atom stereocenters. The van der Waals surface area contributed by atoms with Crippen LogP contribution in [0.4, 0.5) is 0 Å². The second-order valence-electron chi connectivity index (χ2n) is 4.69. The molecular formula is C12H14ClNO3S. The van der Waals surface area contributed by atoms with E-state index < -0.39 is 11.9 Å². The van der Waals surface area contributed by atoms with Gasteiger partial charge in [-0.05, 0) is 23.8 Å². The summed E-state index contributed by atoms with van der Waals surface area (Å²) in [6.07, 6.45) is 0. The Morgan fingerprint density at radius 3 is 2.61 bits per heavy atom. The summed E-state index contributed by atoms with van der Waals surface area (Å²) in [5.74, 6) is -1.50. The lowest BCUT2D eigenvalue weighted by Gasteiger charge is -2.15. The monoisotopic (exact) mass is 287 g/mol. The molecule has 1 aromatic rings. The molecule has 18 heavy (non-hydrogen) atoms. The van der Waals surface area contributed by atoms with Crippen molar-refractivity contribution >= 4 is 34.8 Å². The fourth-order valence-corrected chi connectivity index (χ4v) is 3.41. The van der Waals surface area contributed by atoms with E-state index in [9.17, 15) is 9.59 Å². The largest absolute Gasteiger partial charge is 0.481 e. The van der Waals surface area contributed by atoms with Crippen molar-refractivity contribution in [3.63, 3.8) is 0 Å². The molecule has 2 heterocycles. The molecule has 1 saturated heterocycles. The Morgan fingerprint density at radius 2 is 2.17 bits per heavy atom. The quantitative estimate of drug-likeness (QED) is 0.909. The van der Waals surface area contributed by atoms with Crippen LogP contribution >= 0.6 is 22.9 Å². The van der Waals surface area contributed by atoms with Crippen LogP contribution in [0.2, 0.25) is 5.02 Å². The van der Waals surface area contributed by atoms with Crippen molar-refractivity contribution in [2.45, 2.75) is 13.8 Å². The molecule has 0 radical (unpaired) electrons. The number of carbonyl (C=O) groups excluding carboxylic acids is 1. The second-order valence-corrected chi connectivity index (χ2v) is 5.95. The summed E-state index contributed by atoms with van der Waals surface area (Å²) < 4.78 is 0. The van der Waals surface area contributed by atoms with Gasteiger partial charge in [-0.1, -0.05) is 18.5 Å². The zero-order valence-electron chi connectivity index (χ0n) is 10.1. The van der Waals surface area contributed by atoms with Gasteiger partial charge < -0.3 is 10.0 Å². The van der Waals surface area contributed by atoms with Crippen LogP contribution in [0, 0.1) is 18.8 Å². The Balaban J connectivity index is 2.17. The summed E-state index contributed by atoms with van der Waals surface area (Å²) in [6, 6.07) is 0. The number of rotatable bonds is 2. The summed E-state index contributed by atoms with van der Waals surface area (Å²) in [5, 5.41) is 11.4. The van der Waals surface area contributed by atoms with E-state index >= 15 is 0 Å². The fraction of sp³-hybridized carbons (Fsp3) is 0.500. The lowest BCUT2D eigenvalue weighted by atomic mass is 9.99. The van der Waals surface area contributed by atoms with E-state index in [1.807, 2.05) is 19.2 Å². The molecule has 2 rings (SSSR count). The van der Waals surface area contributed by atoms with Gasteiger partial charge in [-0.25, -0.2) is 0 Å². The van der Waals surface area contributed by atoms with Gasteiger partial charge in [-0.2, -0.15) is 0 Å². The third-order valence-electron chi connectivity index (χ3n) is 3.31. The molecule has 1 N–H and O–H groups in total. The zero-order valence-corrected chi connectivity index (χ0v) is 11.7. The van der Waals surface area contributed by atoms with Crippen molar-refractivity contribution < 1.29 is 14.7 Å². The number of halogens is 1. The molecule has 98 valence electrons. The van der Waals surface area contributed by atoms with Gasteiger partial charge in [0.2, 0.25) is 0 Å². The van der Waals surface area contributed by atoms with Crippen molar-refractivity contribution in [2.75, 3.05) is 13.1 Å². The van der Waals surface area contributed by atoms with E-state index in [2.05, 4.69) is 0 Å². The molecular weight excluding hydrogens is 274 g/mol. The van der Waals surface area contributed by atoms with Gasteiger partial charge in [0.25, 0.3) is 5.91 Å². The van der Waals surface area contributed by atoms with Gasteiger partial charge in [0.1, 0.15) is 4.88 Å². The Labute approximate surface area is 114 Å². The molecule has 0 aliphatic carbocycles. The van der Waals surface area contributed by atoms with Gasteiger partial charge >= 0.3 is 5.97 Å². The van der Waals surface area contributed by atoms with Crippen molar-refractivity contribution in [2.24, 2.45) is 11.8 Å². The molecule has 1 aliphatic rings. The zero-order chi connectivity index (χ0) is 13.4. The summed E-state index contributed by atoms with van der Waals surface area (Å²) >= 11 is 7.38. The average Bonchev–Trinajstić information content (AvgIpc) is 2.84. The highest BCUT2D eigenvalue weighted by atomic mass is 35.5. The van der Waals surface area contributed by atoms with Gasteiger partial charge in [0, 0.05) is 13.1 Å². The average molecular weight is 288 g/mol.